The topological polar surface area (TPSA) is 82.1 Å². The van der Waals surface area contributed by atoms with Crippen LogP contribution in [0.15, 0.2) is 54.6 Å². The molecule has 2 aromatic rings. The van der Waals surface area contributed by atoms with E-state index >= 15 is 0 Å². The summed E-state index contributed by atoms with van der Waals surface area (Å²) in [6.45, 7) is 5.88. The fourth-order valence-electron chi connectivity index (χ4n) is 3.92. The molecule has 1 aliphatic heterocycles. The number of rotatable bonds is 6. The smallest absolute Gasteiger partial charge is 0.411 e. The second-order valence-electron chi connectivity index (χ2n) is 9.24. The van der Waals surface area contributed by atoms with Crippen LogP contribution >= 0.6 is 0 Å². The highest BCUT2D eigenvalue weighted by atomic mass is 16.6. The Balaban J connectivity index is 1.73. The molecule has 2 atom stereocenters. The van der Waals surface area contributed by atoms with E-state index in [9.17, 15) is 14.4 Å². The third-order valence-electron chi connectivity index (χ3n) is 5.38. The van der Waals surface area contributed by atoms with E-state index in [0.717, 1.165) is 11.1 Å². The molecule has 0 radical (unpaired) electrons. The van der Waals surface area contributed by atoms with Gasteiger partial charge in [0.2, 0.25) is 0 Å². The largest absolute Gasteiger partial charge is 0.465 e. The summed E-state index contributed by atoms with van der Waals surface area (Å²) in [5, 5.41) is 0. The van der Waals surface area contributed by atoms with Gasteiger partial charge in [-0.3, -0.25) is 4.90 Å². The maximum Gasteiger partial charge on any atom is 0.411 e. The minimum Gasteiger partial charge on any atom is -0.465 e. The van der Waals surface area contributed by atoms with Gasteiger partial charge in [-0.05, 0) is 62.8 Å². The molecule has 1 aliphatic rings. The molecule has 1 saturated heterocycles. The molecular weight excluding hydrogens is 422 g/mol. The van der Waals surface area contributed by atoms with Crippen LogP contribution in [0, 0.1) is 5.92 Å². The lowest BCUT2D eigenvalue weighted by Crippen LogP contribution is -2.44. The average Bonchev–Trinajstić information content (AvgIpc) is 3.21. The first-order valence-electron chi connectivity index (χ1n) is 11.0. The number of likely N-dealkylation sites (tertiary alicyclic amines) is 1. The molecule has 0 spiro atoms. The number of esters is 2. The lowest BCUT2D eigenvalue weighted by molar-refractivity contribution is -0.150. The van der Waals surface area contributed by atoms with Crippen molar-refractivity contribution in [3.8, 4) is 0 Å². The summed E-state index contributed by atoms with van der Waals surface area (Å²) in [5.74, 6) is -0.837. The zero-order chi connectivity index (χ0) is 24.0. The van der Waals surface area contributed by atoms with E-state index < -0.39 is 29.7 Å². The van der Waals surface area contributed by atoms with Gasteiger partial charge in [0.1, 0.15) is 18.2 Å². The maximum atomic E-state index is 12.9. The molecule has 1 amide bonds. The summed E-state index contributed by atoms with van der Waals surface area (Å²) in [5.41, 5.74) is 1.60. The Bertz CT molecular complexity index is 982. The van der Waals surface area contributed by atoms with Crippen LogP contribution in [0.4, 0.5) is 4.79 Å². The zero-order valence-electron chi connectivity index (χ0n) is 19.6. The number of ether oxygens (including phenoxy) is 3. The van der Waals surface area contributed by atoms with Crippen LogP contribution in [0.5, 0.6) is 0 Å². The van der Waals surface area contributed by atoms with Crippen molar-refractivity contribution >= 4 is 18.0 Å². The van der Waals surface area contributed by atoms with Gasteiger partial charge < -0.3 is 14.2 Å². The van der Waals surface area contributed by atoms with Crippen molar-refractivity contribution in [3.05, 3.63) is 71.3 Å². The molecule has 0 unspecified atom stereocenters. The lowest BCUT2D eigenvalue weighted by Gasteiger charge is -2.27. The van der Waals surface area contributed by atoms with Crippen molar-refractivity contribution in [2.24, 2.45) is 5.92 Å². The first-order chi connectivity index (χ1) is 15.7. The number of benzene rings is 2. The summed E-state index contributed by atoms with van der Waals surface area (Å²) in [7, 11) is 1.34. The highest BCUT2D eigenvalue weighted by molar-refractivity contribution is 5.89. The molecule has 0 bridgehead atoms. The van der Waals surface area contributed by atoms with Gasteiger partial charge in [-0.2, -0.15) is 0 Å². The molecule has 33 heavy (non-hydrogen) atoms. The van der Waals surface area contributed by atoms with Crippen LogP contribution in [0.2, 0.25) is 0 Å². The van der Waals surface area contributed by atoms with E-state index in [0.29, 0.717) is 24.9 Å². The fraction of sp³-hybridized carbons (Fsp3) is 0.423. The van der Waals surface area contributed by atoms with Crippen LogP contribution < -0.4 is 0 Å². The quantitative estimate of drug-likeness (QED) is 0.477. The van der Waals surface area contributed by atoms with Crippen LogP contribution in [-0.4, -0.2) is 48.2 Å². The highest BCUT2D eigenvalue weighted by Gasteiger charge is 2.42. The molecule has 3 rings (SSSR count). The van der Waals surface area contributed by atoms with Crippen molar-refractivity contribution in [1.29, 1.82) is 0 Å². The van der Waals surface area contributed by atoms with Gasteiger partial charge in [-0.25, -0.2) is 14.4 Å². The molecule has 7 nitrogen and oxygen atoms in total. The van der Waals surface area contributed by atoms with Gasteiger partial charge in [0.05, 0.1) is 12.7 Å². The average molecular weight is 454 g/mol. The van der Waals surface area contributed by atoms with Crippen molar-refractivity contribution < 1.29 is 28.6 Å². The second-order valence-corrected chi connectivity index (χ2v) is 9.24. The van der Waals surface area contributed by atoms with Crippen molar-refractivity contribution in [3.63, 3.8) is 0 Å². The normalized spacial score (nSPS) is 18.0. The van der Waals surface area contributed by atoms with Gasteiger partial charge in [-0.1, -0.05) is 42.5 Å². The molecule has 0 N–H and O–H groups in total. The number of carbonyl (C=O) groups is 3. The standard InChI is InChI=1S/C26H31NO6/c1-26(2,3)33-25(30)27-16-20(13-19-11-8-12-21(14-19)23(28)31-4)15-22(27)24(29)32-17-18-9-6-5-7-10-18/h5-12,14,20,22H,13,15-17H2,1-4H3/t20-,22+/m0/s1. The Kier molecular flexibility index (Phi) is 7.74. The van der Waals surface area contributed by atoms with Gasteiger partial charge in [-0.15, -0.1) is 0 Å². The van der Waals surface area contributed by atoms with E-state index in [1.165, 1.54) is 12.0 Å². The first kappa shape index (κ1) is 24.3. The Morgan fingerprint density at radius 3 is 2.36 bits per heavy atom. The minimum atomic E-state index is -0.725. The molecule has 7 heteroatoms. The number of methoxy groups -OCH3 is 1. The van der Waals surface area contributed by atoms with E-state index in [1.807, 2.05) is 36.4 Å². The third-order valence-corrected chi connectivity index (χ3v) is 5.38. The summed E-state index contributed by atoms with van der Waals surface area (Å²) in [4.78, 5) is 39.1. The molecule has 1 fully saturated rings. The van der Waals surface area contributed by atoms with Gasteiger partial charge in [0.25, 0.3) is 0 Å². The first-order valence-corrected chi connectivity index (χ1v) is 11.0. The Labute approximate surface area is 194 Å². The molecule has 176 valence electrons. The van der Waals surface area contributed by atoms with E-state index in [2.05, 4.69) is 0 Å². The second kappa shape index (κ2) is 10.5. The van der Waals surface area contributed by atoms with Crippen LogP contribution in [0.25, 0.3) is 0 Å². The number of nitrogens with zero attached hydrogens (tertiary/aromatic N) is 1. The predicted octanol–water partition coefficient (Wildman–Crippen LogP) is 4.38. The number of hydrogen-bond acceptors (Lipinski definition) is 6. The molecular formula is C26H31NO6. The van der Waals surface area contributed by atoms with Crippen LogP contribution in [0.1, 0.15) is 48.7 Å². The summed E-state index contributed by atoms with van der Waals surface area (Å²) >= 11 is 0. The predicted molar refractivity (Wildman–Crippen MR) is 123 cm³/mol. The van der Waals surface area contributed by atoms with Crippen LogP contribution in [0.3, 0.4) is 0 Å². The number of hydrogen-bond donors (Lipinski definition) is 0. The number of carbonyl (C=O) groups excluding carboxylic acids is 3. The fourth-order valence-corrected chi connectivity index (χ4v) is 3.92. The monoisotopic (exact) mass is 453 g/mol. The van der Waals surface area contributed by atoms with E-state index in [-0.39, 0.29) is 12.5 Å². The van der Waals surface area contributed by atoms with Crippen molar-refractivity contribution in [2.75, 3.05) is 13.7 Å². The van der Waals surface area contributed by atoms with Gasteiger partial charge >= 0.3 is 18.0 Å². The Morgan fingerprint density at radius 1 is 1.00 bits per heavy atom. The van der Waals surface area contributed by atoms with Gasteiger partial charge in [0.15, 0.2) is 0 Å². The molecule has 0 aromatic heterocycles. The molecule has 1 heterocycles. The van der Waals surface area contributed by atoms with Crippen LogP contribution in [-0.2, 0) is 32.0 Å². The minimum absolute atomic E-state index is 0.0136. The molecule has 2 aromatic carbocycles. The SMILES string of the molecule is COC(=O)c1cccc(C[C@H]2C[C@H](C(=O)OCc3ccccc3)N(C(=O)OC(C)(C)C)C2)c1. The van der Waals surface area contributed by atoms with E-state index in [1.54, 1.807) is 39.0 Å². The summed E-state index contributed by atoms with van der Waals surface area (Å²) < 4.78 is 15.9. The summed E-state index contributed by atoms with van der Waals surface area (Å²) in [6, 6.07) is 15.9. The molecule has 0 saturated carbocycles. The third kappa shape index (κ3) is 6.81. The molecule has 0 aliphatic carbocycles. The number of amides is 1. The maximum absolute atomic E-state index is 12.9. The van der Waals surface area contributed by atoms with Crippen molar-refractivity contribution in [2.45, 2.75) is 51.9 Å². The van der Waals surface area contributed by atoms with Crippen molar-refractivity contribution in [1.82, 2.24) is 4.90 Å². The van der Waals surface area contributed by atoms with Gasteiger partial charge in [0, 0.05) is 6.54 Å². The summed E-state index contributed by atoms with van der Waals surface area (Å²) in [6.07, 6.45) is 0.525. The Hall–Kier alpha value is -3.35. The Morgan fingerprint density at radius 2 is 1.70 bits per heavy atom. The zero-order valence-corrected chi connectivity index (χ0v) is 19.6. The lowest BCUT2D eigenvalue weighted by atomic mass is 9.95. The van der Waals surface area contributed by atoms with E-state index in [4.69, 9.17) is 14.2 Å². The highest BCUT2D eigenvalue weighted by Crippen LogP contribution is 2.29.